The lowest BCUT2D eigenvalue weighted by Gasteiger charge is -2.09. The highest BCUT2D eigenvalue weighted by molar-refractivity contribution is 6.30. The molecule has 2 amide bonds. The topological polar surface area (TPSA) is 103 Å². The zero-order chi connectivity index (χ0) is 24.3. The Balaban J connectivity index is 1.36. The molecule has 176 valence electrons. The second-order valence-electron chi connectivity index (χ2n) is 7.07. The van der Waals surface area contributed by atoms with E-state index in [1.165, 1.54) is 7.11 Å². The van der Waals surface area contributed by atoms with Crippen LogP contribution in [0.15, 0.2) is 72.8 Å². The Bertz CT molecular complexity index is 1130. The number of nitrogens with one attached hydrogen (secondary N) is 2. The SMILES string of the molecule is COc1cccc(NC(=O)COC(=O)CCC(=O)Nc2ccc(Oc3ccc(Cl)cc3)cc2)c1. The molecule has 0 aliphatic carbocycles. The molecular formula is C25H23ClN2O6. The Morgan fingerprint density at radius 2 is 1.41 bits per heavy atom. The van der Waals surface area contributed by atoms with Crippen molar-refractivity contribution >= 4 is 40.8 Å². The monoisotopic (exact) mass is 482 g/mol. The molecular weight excluding hydrogens is 460 g/mol. The van der Waals surface area contributed by atoms with E-state index in [4.69, 9.17) is 25.8 Å². The number of carbonyl (C=O) groups is 3. The van der Waals surface area contributed by atoms with Crippen LogP contribution in [0.2, 0.25) is 5.02 Å². The van der Waals surface area contributed by atoms with Crippen molar-refractivity contribution in [1.82, 2.24) is 0 Å². The average molecular weight is 483 g/mol. The van der Waals surface area contributed by atoms with Crippen LogP contribution >= 0.6 is 11.6 Å². The minimum Gasteiger partial charge on any atom is -0.497 e. The van der Waals surface area contributed by atoms with E-state index in [1.807, 2.05) is 0 Å². The van der Waals surface area contributed by atoms with Gasteiger partial charge in [-0.1, -0.05) is 17.7 Å². The minimum atomic E-state index is -0.650. The molecule has 3 aromatic rings. The summed E-state index contributed by atoms with van der Waals surface area (Å²) in [6.07, 6.45) is -0.241. The number of ether oxygens (including phenoxy) is 3. The maximum atomic E-state index is 12.1. The lowest BCUT2D eigenvalue weighted by molar-refractivity contribution is -0.147. The van der Waals surface area contributed by atoms with Gasteiger partial charge in [0.05, 0.1) is 13.5 Å². The van der Waals surface area contributed by atoms with Crippen molar-refractivity contribution in [2.45, 2.75) is 12.8 Å². The van der Waals surface area contributed by atoms with E-state index < -0.39 is 18.5 Å². The predicted octanol–water partition coefficient (Wildman–Crippen LogP) is 5.04. The molecule has 0 aliphatic heterocycles. The van der Waals surface area contributed by atoms with Gasteiger partial charge in [0.1, 0.15) is 17.2 Å². The van der Waals surface area contributed by atoms with Crippen molar-refractivity contribution in [2.75, 3.05) is 24.4 Å². The molecule has 34 heavy (non-hydrogen) atoms. The summed E-state index contributed by atoms with van der Waals surface area (Å²) in [5.74, 6) is 0.316. The maximum absolute atomic E-state index is 12.1. The van der Waals surface area contributed by atoms with E-state index in [1.54, 1.807) is 72.8 Å². The predicted molar refractivity (Wildman–Crippen MR) is 128 cm³/mol. The molecule has 0 bridgehead atoms. The number of halogens is 1. The second-order valence-corrected chi connectivity index (χ2v) is 7.51. The Labute approximate surface area is 201 Å². The first kappa shape index (κ1) is 24.6. The first-order chi connectivity index (χ1) is 16.4. The third kappa shape index (κ3) is 8.14. The summed E-state index contributed by atoms with van der Waals surface area (Å²) in [5, 5.41) is 5.91. The van der Waals surface area contributed by atoms with Crippen molar-refractivity contribution < 1.29 is 28.6 Å². The third-order valence-electron chi connectivity index (χ3n) is 4.46. The Morgan fingerprint density at radius 1 is 0.765 bits per heavy atom. The number of methoxy groups -OCH3 is 1. The first-order valence-corrected chi connectivity index (χ1v) is 10.7. The highest BCUT2D eigenvalue weighted by atomic mass is 35.5. The number of amides is 2. The van der Waals surface area contributed by atoms with Gasteiger partial charge in [-0.3, -0.25) is 14.4 Å². The van der Waals surface area contributed by atoms with E-state index in [2.05, 4.69) is 10.6 Å². The summed E-state index contributed by atoms with van der Waals surface area (Å²) in [7, 11) is 1.52. The van der Waals surface area contributed by atoms with Crippen molar-refractivity contribution in [1.29, 1.82) is 0 Å². The molecule has 0 aromatic heterocycles. The smallest absolute Gasteiger partial charge is 0.306 e. The lowest BCUT2D eigenvalue weighted by atomic mass is 10.2. The fourth-order valence-electron chi connectivity index (χ4n) is 2.80. The standard InChI is InChI=1S/C25H23ClN2O6/c1-32-22-4-2-3-19(15-22)28-24(30)16-33-25(31)14-13-23(29)27-18-7-11-21(12-8-18)34-20-9-5-17(26)6-10-20/h2-12,15H,13-14,16H2,1H3,(H,27,29)(H,28,30). The maximum Gasteiger partial charge on any atom is 0.306 e. The minimum absolute atomic E-state index is 0.0840. The molecule has 0 atom stereocenters. The zero-order valence-corrected chi connectivity index (χ0v) is 19.1. The van der Waals surface area contributed by atoms with Crippen molar-refractivity contribution in [3.8, 4) is 17.2 Å². The molecule has 8 nitrogen and oxygen atoms in total. The van der Waals surface area contributed by atoms with E-state index in [0.717, 1.165) is 0 Å². The van der Waals surface area contributed by atoms with Crippen molar-refractivity contribution in [3.63, 3.8) is 0 Å². The lowest BCUT2D eigenvalue weighted by Crippen LogP contribution is -2.21. The Kier molecular flexibility index (Phi) is 8.88. The highest BCUT2D eigenvalue weighted by Crippen LogP contribution is 2.24. The number of rotatable bonds is 10. The fraction of sp³-hybridized carbons (Fsp3) is 0.160. The van der Waals surface area contributed by atoms with Crippen molar-refractivity contribution in [2.24, 2.45) is 0 Å². The van der Waals surface area contributed by atoms with Gasteiger partial charge in [0.15, 0.2) is 6.61 Å². The summed E-state index contributed by atoms with van der Waals surface area (Å²) in [4.78, 5) is 35.9. The summed E-state index contributed by atoms with van der Waals surface area (Å²) < 4.78 is 15.7. The van der Waals surface area contributed by atoms with Crippen LogP contribution in [0.1, 0.15) is 12.8 Å². The first-order valence-electron chi connectivity index (χ1n) is 10.3. The molecule has 0 heterocycles. The molecule has 0 unspecified atom stereocenters. The van der Waals surface area contributed by atoms with E-state index in [-0.39, 0.29) is 18.7 Å². The van der Waals surface area contributed by atoms with Gasteiger partial charge in [0.2, 0.25) is 5.91 Å². The van der Waals surface area contributed by atoms with Crippen LogP contribution < -0.4 is 20.1 Å². The normalized spacial score (nSPS) is 10.2. The summed E-state index contributed by atoms with van der Waals surface area (Å²) in [5.41, 5.74) is 1.07. The van der Waals surface area contributed by atoms with Crippen LogP contribution in [0.3, 0.4) is 0 Å². The second kappa shape index (κ2) is 12.3. The van der Waals surface area contributed by atoms with Gasteiger partial charge in [-0.15, -0.1) is 0 Å². The number of carbonyl (C=O) groups excluding carboxylic acids is 3. The molecule has 0 radical (unpaired) electrons. The van der Waals surface area contributed by atoms with Gasteiger partial charge in [-0.05, 0) is 60.7 Å². The molecule has 9 heteroatoms. The van der Waals surface area contributed by atoms with Gasteiger partial charge in [-0.2, -0.15) is 0 Å². The van der Waals surface area contributed by atoms with Crippen LogP contribution in [0.4, 0.5) is 11.4 Å². The van der Waals surface area contributed by atoms with Gasteiger partial charge in [0.25, 0.3) is 5.91 Å². The number of hydrogen-bond donors (Lipinski definition) is 2. The Morgan fingerprint density at radius 3 is 2.09 bits per heavy atom. The van der Waals surface area contributed by atoms with Gasteiger partial charge < -0.3 is 24.8 Å². The molecule has 0 fully saturated rings. The van der Waals surface area contributed by atoms with Gasteiger partial charge in [-0.25, -0.2) is 0 Å². The van der Waals surface area contributed by atoms with Gasteiger partial charge >= 0.3 is 5.97 Å². The summed E-state index contributed by atoms with van der Waals surface area (Å²) in [6.45, 7) is -0.452. The quantitative estimate of drug-likeness (QED) is 0.392. The van der Waals surface area contributed by atoms with Crippen LogP contribution in [0.25, 0.3) is 0 Å². The summed E-state index contributed by atoms with van der Waals surface area (Å²) >= 11 is 5.85. The Hall–Kier alpha value is -4.04. The molecule has 0 aliphatic rings. The van der Waals surface area contributed by atoms with E-state index in [9.17, 15) is 14.4 Å². The molecule has 2 N–H and O–H groups in total. The summed E-state index contributed by atoms with van der Waals surface area (Å²) in [6, 6.07) is 20.5. The van der Waals surface area contributed by atoms with E-state index in [0.29, 0.717) is 33.6 Å². The zero-order valence-electron chi connectivity index (χ0n) is 18.4. The number of esters is 1. The molecule has 0 saturated heterocycles. The third-order valence-corrected chi connectivity index (χ3v) is 4.71. The van der Waals surface area contributed by atoms with E-state index >= 15 is 0 Å². The molecule has 3 aromatic carbocycles. The van der Waals surface area contributed by atoms with Crippen LogP contribution in [-0.2, 0) is 19.1 Å². The largest absolute Gasteiger partial charge is 0.497 e. The van der Waals surface area contributed by atoms with Crippen LogP contribution in [-0.4, -0.2) is 31.5 Å². The average Bonchev–Trinajstić information content (AvgIpc) is 2.84. The molecule has 0 saturated carbocycles. The number of hydrogen-bond acceptors (Lipinski definition) is 6. The number of benzene rings is 3. The van der Waals surface area contributed by atoms with Gasteiger partial charge in [0, 0.05) is 28.9 Å². The highest BCUT2D eigenvalue weighted by Gasteiger charge is 2.11. The number of anilines is 2. The fourth-order valence-corrected chi connectivity index (χ4v) is 2.93. The molecule has 0 spiro atoms. The molecule has 3 rings (SSSR count). The van der Waals surface area contributed by atoms with Crippen LogP contribution in [0.5, 0.6) is 17.2 Å². The van der Waals surface area contributed by atoms with Crippen LogP contribution in [0, 0.1) is 0 Å². The van der Waals surface area contributed by atoms with Crippen molar-refractivity contribution in [3.05, 3.63) is 77.8 Å².